The predicted molar refractivity (Wildman–Crippen MR) is 87.4 cm³/mol. The molecule has 124 valence electrons. The van der Waals surface area contributed by atoms with Crippen molar-refractivity contribution in [2.45, 2.75) is 6.10 Å². The van der Waals surface area contributed by atoms with Crippen LogP contribution in [0.2, 0.25) is 5.02 Å². The number of para-hydroxylation sites is 2. The summed E-state index contributed by atoms with van der Waals surface area (Å²) in [5, 5.41) is 3.08. The minimum atomic E-state index is -0.904. The van der Waals surface area contributed by atoms with E-state index in [1.165, 1.54) is 0 Å². The molecule has 6 nitrogen and oxygen atoms in total. The predicted octanol–water partition coefficient (Wildman–Crippen LogP) is 2.66. The van der Waals surface area contributed by atoms with Crippen LogP contribution < -0.4 is 14.8 Å². The average Bonchev–Trinajstić information content (AvgIpc) is 2.59. The monoisotopic (exact) mass is 347 g/mol. The fourth-order valence-corrected chi connectivity index (χ4v) is 2.32. The van der Waals surface area contributed by atoms with Gasteiger partial charge in [-0.25, -0.2) is 4.79 Å². The van der Waals surface area contributed by atoms with Gasteiger partial charge < -0.3 is 19.5 Å². The summed E-state index contributed by atoms with van der Waals surface area (Å²) >= 11 is 5.83. The van der Waals surface area contributed by atoms with Crippen molar-refractivity contribution in [1.82, 2.24) is 0 Å². The zero-order valence-electron chi connectivity index (χ0n) is 12.5. The smallest absolute Gasteiger partial charge is 0.351 e. The quantitative estimate of drug-likeness (QED) is 0.861. The van der Waals surface area contributed by atoms with Gasteiger partial charge in [-0.3, -0.25) is 4.79 Å². The van der Waals surface area contributed by atoms with Crippen LogP contribution in [0.15, 0.2) is 48.5 Å². The van der Waals surface area contributed by atoms with Gasteiger partial charge in [0.05, 0.1) is 0 Å². The van der Waals surface area contributed by atoms with Crippen LogP contribution in [-0.4, -0.2) is 31.2 Å². The van der Waals surface area contributed by atoms with Crippen molar-refractivity contribution in [3.05, 3.63) is 53.6 Å². The summed E-state index contributed by atoms with van der Waals surface area (Å²) < 4.78 is 15.9. The van der Waals surface area contributed by atoms with E-state index in [0.717, 1.165) is 0 Å². The van der Waals surface area contributed by atoms with E-state index in [4.69, 9.17) is 25.8 Å². The van der Waals surface area contributed by atoms with E-state index in [2.05, 4.69) is 5.32 Å². The lowest BCUT2D eigenvalue weighted by Crippen LogP contribution is -2.39. The van der Waals surface area contributed by atoms with Crippen molar-refractivity contribution in [3.8, 4) is 11.5 Å². The molecule has 0 spiro atoms. The number of carbonyl (C=O) groups excluding carboxylic acids is 2. The van der Waals surface area contributed by atoms with Crippen molar-refractivity contribution in [2.75, 3.05) is 18.5 Å². The normalized spacial score (nSPS) is 15.5. The van der Waals surface area contributed by atoms with Crippen molar-refractivity contribution in [2.24, 2.45) is 0 Å². The molecule has 0 saturated carbocycles. The van der Waals surface area contributed by atoms with Gasteiger partial charge in [-0.2, -0.15) is 0 Å². The van der Waals surface area contributed by atoms with E-state index in [9.17, 15) is 9.59 Å². The van der Waals surface area contributed by atoms with Crippen LogP contribution in [0.1, 0.15) is 0 Å². The molecule has 3 rings (SSSR count). The highest BCUT2D eigenvalue weighted by atomic mass is 35.5. The zero-order chi connectivity index (χ0) is 16.9. The number of nitrogens with one attached hydrogen (secondary N) is 1. The Bertz CT molecular complexity index is 764. The minimum absolute atomic E-state index is 0.0335. The number of ether oxygens (including phenoxy) is 3. The summed E-state index contributed by atoms with van der Waals surface area (Å²) in [6, 6.07) is 13.7. The third-order valence-corrected chi connectivity index (χ3v) is 3.46. The van der Waals surface area contributed by atoms with Crippen LogP contribution in [0.4, 0.5) is 5.69 Å². The molecule has 0 radical (unpaired) electrons. The second kappa shape index (κ2) is 7.23. The fraction of sp³-hybridized carbons (Fsp3) is 0.176. The maximum atomic E-state index is 12.0. The van der Waals surface area contributed by atoms with E-state index in [1.54, 1.807) is 48.5 Å². The molecule has 0 bridgehead atoms. The molecular formula is C17H14ClNO5. The number of rotatable bonds is 4. The number of halogens is 1. The number of hydrogen-bond donors (Lipinski definition) is 1. The van der Waals surface area contributed by atoms with Gasteiger partial charge in [0.25, 0.3) is 5.91 Å². The van der Waals surface area contributed by atoms with Crippen molar-refractivity contribution in [1.29, 1.82) is 0 Å². The van der Waals surface area contributed by atoms with Crippen LogP contribution >= 0.6 is 11.6 Å². The topological polar surface area (TPSA) is 73.9 Å². The third kappa shape index (κ3) is 3.97. The van der Waals surface area contributed by atoms with Crippen LogP contribution in [-0.2, 0) is 14.3 Å². The summed E-state index contributed by atoms with van der Waals surface area (Å²) in [5.74, 6) is -0.0946. The summed E-state index contributed by atoms with van der Waals surface area (Å²) in [7, 11) is 0. The van der Waals surface area contributed by atoms with Crippen LogP contribution in [0.5, 0.6) is 11.5 Å². The Hall–Kier alpha value is -2.73. The molecule has 7 heteroatoms. The molecule has 1 aliphatic heterocycles. The van der Waals surface area contributed by atoms with E-state index in [1.807, 2.05) is 0 Å². The first kappa shape index (κ1) is 16.1. The van der Waals surface area contributed by atoms with Gasteiger partial charge in [0, 0.05) is 10.7 Å². The Morgan fingerprint density at radius 3 is 2.75 bits per heavy atom. The molecule has 2 aromatic carbocycles. The lowest BCUT2D eigenvalue weighted by atomic mass is 10.2. The molecule has 1 atom stereocenters. The summed E-state index contributed by atoms with van der Waals surface area (Å²) in [6.45, 7) is -0.390. The zero-order valence-corrected chi connectivity index (χ0v) is 13.3. The Morgan fingerprint density at radius 2 is 1.96 bits per heavy atom. The lowest BCUT2D eigenvalue weighted by molar-refractivity contribution is -0.156. The van der Waals surface area contributed by atoms with Gasteiger partial charge in [-0.05, 0) is 30.3 Å². The Labute approximate surface area is 143 Å². The molecule has 0 saturated heterocycles. The summed E-state index contributed by atoms with van der Waals surface area (Å²) in [4.78, 5) is 23.8. The number of carbonyl (C=O) groups is 2. The number of fused-ring (bicyclic) bond motifs is 1. The van der Waals surface area contributed by atoms with Gasteiger partial charge in [-0.1, -0.05) is 29.8 Å². The van der Waals surface area contributed by atoms with Gasteiger partial charge in [0.15, 0.2) is 18.1 Å². The maximum absolute atomic E-state index is 12.0. The molecule has 1 heterocycles. The van der Waals surface area contributed by atoms with Gasteiger partial charge in [0.2, 0.25) is 6.10 Å². The summed E-state index contributed by atoms with van der Waals surface area (Å²) in [5.41, 5.74) is 0.523. The Kier molecular flexibility index (Phi) is 4.86. The first-order chi connectivity index (χ1) is 11.6. The fourth-order valence-electron chi connectivity index (χ4n) is 2.13. The van der Waals surface area contributed by atoms with Gasteiger partial charge in [-0.15, -0.1) is 0 Å². The van der Waals surface area contributed by atoms with E-state index >= 15 is 0 Å². The molecule has 1 N–H and O–H groups in total. The highest BCUT2D eigenvalue weighted by Crippen LogP contribution is 2.31. The molecule has 1 aliphatic rings. The number of anilines is 1. The Morgan fingerprint density at radius 1 is 1.17 bits per heavy atom. The summed E-state index contributed by atoms with van der Waals surface area (Å²) in [6.07, 6.45) is -0.904. The van der Waals surface area contributed by atoms with Gasteiger partial charge >= 0.3 is 5.97 Å². The third-order valence-electron chi connectivity index (χ3n) is 3.23. The second-order valence-electron chi connectivity index (χ2n) is 5.03. The largest absolute Gasteiger partial charge is 0.485 e. The Balaban J connectivity index is 1.50. The molecular weight excluding hydrogens is 334 g/mol. The van der Waals surface area contributed by atoms with Crippen molar-refractivity contribution < 1.29 is 23.8 Å². The standard InChI is InChI=1S/C17H14ClNO5/c18-11-4-3-5-12(8-11)19-16(20)10-23-17(21)15-9-22-13-6-1-2-7-14(13)24-15/h1-8,15H,9-10H2,(H,19,20)/t15-/m0/s1. The number of hydrogen-bond acceptors (Lipinski definition) is 5. The number of benzene rings is 2. The van der Waals surface area contributed by atoms with E-state index in [-0.39, 0.29) is 6.61 Å². The second-order valence-corrected chi connectivity index (χ2v) is 5.47. The molecule has 24 heavy (non-hydrogen) atoms. The van der Waals surface area contributed by atoms with Crippen molar-refractivity contribution in [3.63, 3.8) is 0 Å². The van der Waals surface area contributed by atoms with Crippen LogP contribution in [0.25, 0.3) is 0 Å². The molecule has 0 aliphatic carbocycles. The highest BCUT2D eigenvalue weighted by molar-refractivity contribution is 6.30. The van der Waals surface area contributed by atoms with Crippen molar-refractivity contribution >= 4 is 29.2 Å². The SMILES string of the molecule is O=C(COC(=O)[C@@H]1COc2ccccc2O1)Nc1cccc(Cl)c1. The molecule has 0 fully saturated rings. The first-order valence-corrected chi connectivity index (χ1v) is 7.60. The molecule has 0 unspecified atom stereocenters. The van der Waals surface area contributed by atoms with E-state index in [0.29, 0.717) is 22.2 Å². The first-order valence-electron chi connectivity index (χ1n) is 7.22. The van der Waals surface area contributed by atoms with Crippen LogP contribution in [0.3, 0.4) is 0 Å². The maximum Gasteiger partial charge on any atom is 0.351 e. The van der Waals surface area contributed by atoms with Gasteiger partial charge in [0.1, 0.15) is 6.61 Å². The molecule has 2 aromatic rings. The number of esters is 1. The number of amides is 1. The highest BCUT2D eigenvalue weighted by Gasteiger charge is 2.29. The average molecular weight is 348 g/mol. The lowest BCUT2D eigenvalue weighted by Gasteiger charge is -2.24. The minimum Gasteiger partial charge on any atom is -0.485 e. The van der Waals surface area contributed by atoms with E-state index < -0.39 is 24.6 Å². The van der Waals surface area contributed by atoms with Crippen LogP contribution in [0, 0.1) is 0 Å². The molecule has 1 amide bonds. The molecule has 0 aromatic heterocycles.